The number of para-hydroxylation sites is 1. The Morgan fingerprint density at radius 2 is 2.05 bits per heavy atom. The van der Waals surface area contributed by atoms with E-state index in [4.69, 9.17) is 4.84 Å². The quantitative estimate of drug-likeness (QED) is 0.625. The third kappa shape index (κ3) is 3.02. The maximum atomic E-state index is 11.4. The van der Waals surface area contributed by atoms with Gasteiger partial charge in [-0.1, -0.05) is 30.3 Å². The fourth-order valence-corrected chi connectivity index (χ4v) is 1.98. The van der Waals surface area contributed by atoms with E-state index in [1.54, 1.807) is 0 Å². The highest BCUT2D eigenvalue weighted by Crippen LogP contribution is 2.09. The molecule has 4 heteroatoms. The van der Waals surface area contributed by atoms with E-state index in [2.05, 4.69) is 16.6 Å². The largest absolute Gasteiger partial charge is 0.348 e. The minimum atomic E-state index is -0.293. The number of hydrogen-bond acceptors (Lipinski definition) is 3. The maximum absolute atomic E-state index is 11.4. The number of aromatic nitrogens is 1. The first-order chi connectivity index (χ1) is 9.26. The van der Waals surface area contributed by atoms with Crippen LogP contribution in [0.5, 0.6) is 0 Å². The van der Waals surface area contributed by atoms with Gasteiger partial charge in [0.2, 0.25) is 0 Å². The lowest BCUT2D eigenvalue weighted by Gasteiger charge is -2.08. The second kappa shape index (κ2) is 6.18. The van der Waals surface area contributed by atoms with Gasteiger partial charge in [0.25, 0.3) is 0 Å². The minimum absolute atomic E-state index is 0.293. The van der Waals surface area contributed by atoms with Crippen molar-refractivity contribution in [2.75, 3.05) is 0 Å². The van der Waals surface area contributed by atoms with E-state index in [9.17, 15) is 4.79 Å². The SMILES string of the molecule is CCCC(=O)O/N=c1\ccn(CC)c2ccccc12. The second-order valence-electron chi connectivity index (χ2n) is 4.31. The Balaban J connectivity index is 2.44. The van der Waals surface area contributed by atoms with Crippen molar-refractivity contribution in [3.8, 4) is 0 Å². The normalized spacial score (nSPS) is 11.8. The predicted octanol–water partition coefficient (Wildman–Crippen LogP) is 2.82. The predicted molar refractivity (Wildman–Crippen MR) is 74.2 cm³/mol. The molecule has 0 unspecified atom stereocenters. The highest BCUT2D eigenvalue weighted by atomic mass is 16.7. The molecule has 0 spiro atoms. The van der Waals surface area contributed by atoms with Crippen molar-refractivity contribution in [1.29, 1.82) is 0 Å². The monoisotopic (exact) mass is 258 g/mol. The fourth-order valence-electron chi connectivity index (χ4n) is 1.98. The molecule has 0 radical (unpaired) electrons. The molecule has 0 amide bonds. The third-order valence-electron chi connectivity index (χ3n) is 2.94. The van der Waals surface area contributed by atoms with Crippen LogP contribution in [0.25, 0.3) is 10.9 Å². The molecule has 0 aliphatic heterocycles. The number of benzene rings is 1. The summed E-state index contributed by atoms with van der Waals surface area (Å²) in [4.78, 5) is 16.3. The summed E-state index contributed by atoms with van der Waals surface area (Å²) in [5, 5.41) is 5.63. The van der Waals surface area contributed by atoms with Gasteiger partial charge in [0, 0.05) is 24.5 Å². The molecule has 4 nitrogen and oxygen atoms in total. The van der Waals surface area contributed by atoms with Gasteiger partial charge in [0.05, 0.1) is 5.52 Å². The molecule has 0 aliphatic carbocycles. The lowest BCUT2D eigenvalue weighted by Crippen LogP contribution is -2.11. The highest BCUT2D eigenvalue weighted by Gasteiger charge is 2.02. The molecule has 19 heavy (non-hydrogen) atoms. The Hall–Kier alpha value is -2.10. The van der Waals surface area contributed by atoms with Gasteiger partial charge in [0.15, 0.2) is 0 Å². The first-order valence-corrected chi connectivity index (χ1v) is 6.58. The van der Waals surface area contributed by atoms with Crippen LogP contribution in [-0.2, 0) is 16.2 Å². The van der Waals surface area contributed by atoms with Crippen molar-refractivity contribution in [3.63, 3.8) is 0 Å². The molecular formula is C15H18N2O2. The van der Waals surface area contributed by atoms with Crippen LogP contribution in [0.3, 0.4) is 0 Å². The van der Waals surface area contributed by atoms with Gasteiger partial charge >= 0.3 is 5.97 Å². The molecule has 0 saturated heterocycles. The number of hydrogen-bond donors (Lipinski definition) is 0. The van der Waals surface area contributed by atoms with Gasteiger partial charge in [0.1, 0.15) is 5.36 Å². The summed E-state index contributed by atoms with van der Waals surface area (Å²) in [6, 6.07) is 9.82. The minimum Gasteiger partial charge on any atom is -0.348 e. The average molecular weight is 258 g/mol. The number of fused-ring (bicyclic) bond motifs is 1. The molecule has 0 saturated carbocycles. The van der Waals surface area contributed by atoms with Gasteiger partial charge in [-0.05, 0) is 25.5 Å². The van der Waals surface area contributed by atoms with E-state index in [0.717, 1.165) is 23.9 Å². The smallest absolute Gasteiger partial charge is 0.335 e. The Labute approximate surface area is 112 Å². The second-order valence-corrected chi connectivity index (χ2v) is 4.31. The summed E-state index contributed by atoms with van der Waals surface area (Å²) >= 11 is 0. The van der Waals surface area contributed by atoms with E-state index in [-0.39, 0.29) is 5.97 Å². The first kappa shape index (κ1) is 13.3. The fraction of sp³-hybridized carbons (Fsp3) is 0.333. The van der Waals surface area contributed by atoms with E-state index in [0.29, 0.717) is 11.8 Å². The molecular weight excluding hydrogens is 240 g/mol. The van der Waals surface area contributed by atoms with Gasteiger partial charge in [-0.25, -0.2) is 4.79 Å². The number of nitrogens with zero attached hydrogens (tertiary/aromatic N) is 2. The van der Waals surface area contributed by atoms with Gasteiger partial charge in [-0.3, -0.25) is 0 Å². The molecule has 2 rings (SSSR count). The summed E-state index contributed by atoms with van der Waals surface area (Å²) < 4.78 is 2.13. The highest BCUT2D eigenvalue weighted by molar-refractivity contribution is 5.78. The van der Waals surface area contributed by atoms with E-state index in [1.807, 2.05) is 43.5 Å². The summed E-state index contributed by atoms with van der Waals surface area (Å²) in [7, 11) is 0. The standard InChI is InChI=1S/C15H18N2O2/c1-3-7-15(18)19-16-13-10-11-17(4-2)14-9-6-5-8-12(13)14/h5-6,8-11H,3-4,7H2,1-2H3/b16-13+. The lowest BCUT2D eigenvalue weighted by atomic mass is 10.2. The first-order valence-electron chi connectivity index (χ1n) is 6.58. The molecule has 1 heterocycles. The van der Waals surface area contributed by atoms with Crippen LogP contribution in [0.4, 0.5) is 0 Å². The molecule has 2 aromatic rings. The average Bonchev–Trinajstić information content (AvgIpc) is 2.45. The summed E-state index contributed by atoms with van der Waals surface area (Å²) in [6.07, 6.45) is 3.11. The summed E-state index contributed by atoms with van der Waals surface area (Å²) in [5.41, 5.74) is 1.08. The van der Waals surface area contributed by atoms with Crippen LogP contribution in [0, 0.1) is 0 Å². The molecule has 0 aliphatic rings. The topological polar surface area (TPSA) is 43.6 Å². The molecule has 0 fully saturated rings. The molecule has 0 N–H and O–H groups in total. The number of aryl methyl sites for hydroxylation is 1. The Morgan fingerprint density at radius 3 is 2.79 bits per heavy atom. The molecule has 1 aromatic heterocycles. The van der Waals surface area contributed by atoms with Crippen LogP contribution < -0.4 is 5.36 Å². The van der Waals surface area contributed by atoms with E-state index in [1.165, 1.54) is 0 Å². The van der Waals surface area contributed by atoms with E-state index >= 15 is 0 Å². The van der Waals surface area contributed by atoms with Crippen LogP contribution in [0.1, 0.15) is 26.7 Å². The van der Waals surface area contributed by atoms with Crippen molar-refractivity contribution < 1.29 is 9.63 Å². The summed E-state index contributed by atoms with van der Waals surface area (Å²) in [6.45, 7) is 4.91. The number of rotatable bonds is 4. The zero-order valence-corrected chi connectivity index (χ0v) is 11.3. The number of pyridine rings is 1. The molecule has 0 atom stereocenters. The Kier molecular flexibility index (Phi) is 4.34. The van der Waals surface area contributed by atoms with Crippen molar-refractivity contribution in [2.45, 2.75) is 33.2 Å². The zero-order chi connectivity index (χ0) is 13.7. The van der Waals surface area contributed by atoms with Crippen LogP contribution >= 0.6 is 0 Å². The van der Waals surface area contributed by atoms with Crippen molar-refractivity contribution >= 4 is 16.9 Å². The van der Waals surface area contributed by atoms with Crippen LogP contribution in [0.2, 0.25) is 0 Å². The van der Waals surface area contributed by atoms with E-state index < -0.39 is 0 Å². The zero-order valence-electron chi connectivity index (χ0n) is 11.3. The van der Waals surface area contributed by atoms with Gasteiger partial charge in [-0.2, -0.15) is 0 Å². The number of carbonyl (C=O) groups excluding carboxylic acids is 1. The van der Waals surface area contributed by atoms with Crippen molar-refractivity contribution in [3.05, 3.63) is 41.9 Å². The number of carbonyl (C=O) groups is 1. The Bertz CT molecular complexity index is 644. The van der Waals surface area contributed by atoms with Gasteiger partial charge in [-0.15, -0.1) is 0 Å². The summed E-state index contributed by atoms with van der Waals surface area (Å²) in [5.74, 6) is -0.293. The van der Waals surface area contributed by atoms with Crippen LogP contribution in [0.15, 0.2) is 41.7 Å². The molecule has 0 bridgehead atoms. The van der Waals surface area contributed by atoms with Crippen molar-refractivity contribution in [1.82, 2.24) is 4.57 Å². The Morgan fingerprint density at radius 1 is 1.26 bits per heavy atom. The molecule has 1 aromatic carbocycles. The molecule has 100 valence electrons. The van der Waals surface area contributed by atoms with Gasteiger partial charge < -0.3 is 9.40 Å². The lowest BCUT2D eigenvalue weighted by molar-refractivity contribution is -0.144. The maximum Gasteiger partial charge on any atom is 0.335 e. The van der Waals surface area contributed by atoms with Crippen LogP contribution in [-0.4, -0.2) is 10.5 Å². The third-order valence-corrected chi connectivity index (χ3v) is 2.94. The van der Waals surface area contributed by atoms with Crippen molar-refractivity contribution in [2.24, 2.45) is 5.16 Å².